The zero-order valence-corrected chi connectivity index (χ0v) is 20.1. The fraction of sp³-hybridized carbons (Fsp3) is 0.400. The van der Waals surface area contributed by atoms with Gasteiger partial charge in [0.05, 0.1) is 12.1 Å². The number of para-hydroxylation sites is 1. The average molecular weight is 518 g/mol. The minimum Gasteiger partial charge on any atom is -0.489 e. The molecular weight excluding hydrogens is 491 g/mol. The number of nitro groups is 1. The number of nitrogens with zero attached hydrogens (tertiary/aromatic N) is 5. The van der Waals surface area contributed by atoms with E-state index in [4.69, 9.17) is 9.47 Å². The van der Waals surface area contributed by atoms with E-state index < -0.39 is 22.3 Å². The lowest BCUT2D eigenvalue weighted by Gasteiger charge is -2.37. The Kier molecular flexibility index (Phi) is 6.44. The van der Waals surface area contributed by atoms with E-state index in [0.717, 1.165) is 11.6 Å². The van der Waals surface area contributed by atoms with Crippen molar-refractivity contribution in [1.29, 1.82) is 0 Å². The first kappa shape index (κ1) is 24.9. The molecule has 1 aromatic heterocycles. The first-order valence-electron chi connectivity index (χ1n) is 11.9. The van der Waals surface area contributed by atoms with E-state index >= 15 is 0 Å². The Morgan fingerprint density at radius 2 is 1.81 bits per heavy atom. The fourth-order valence-electron chi connectivity index (χ4n) is 4.68. The first-order chi connectivity index (χ1) is 17.6. The molecule has 2 aliphatic rings. The van der Waals surface area contributed by atoms with Crippen molar-refractivity contribution < 1.29 is 27.6 Å². The van der Waals surface area contributed by atoms with Crippen LogP contribution in [0.3, 0.4) is 0 Å². The van der Waals surface area contributed by atoms with E-state index in [1.165, 1.54) is 18.3 Å². The molecule has 1 saturated heterocycles. The van der Waals surface area contributed by atoms with Gasteiger partial charge in [-0.15, -0.1) is 0 Å². The fourth-order valence-corrected chi connectivity index (χ4v) is 4.68. The van der Waals surface area contributed by atoms with Crippen molar-refractivity contribution in [3.8, 4) is 11.8 Å². The summed E-state index contributed by atoms with van der Waals surface area (Å²) >= 11 is 0. The number of fused-ring (bicyclic) bond motifs is 1. The van der Waals surface area contributed by atoms with Crippen molar-refractivity contribution >= 4 is 11.5 Å². The number of halogens is 3. The summed E-state index contributed by atoms with van der Waals surface area (Å²) in [6.45, 7) is 5.54. The van der Waals surface area contributed by atoms with Gasteiger partial charge in [0, 0.05) is 43.4 Å². The van der Waals surface area contributed by atoms with Crippen LogP contribution in [0.25, 0.3) is 0 Å². The van der Waals surface area contributed by atoms with E-state index in [-0.39, 0.29) is 24.1 Å². The van der Waals surface area contributed by atoms with Crippen molar-refractivity contribution in [3.05, 3.63) is 76.0 Å². The van der Waals surface area contributed by atoms with Gasteiger partial charge in [-0.05, 0) is 41.7 Å². The van der Waals surface area contributed by atoms with E-state index in [0.29, 0.717) is 45.0 Å². The molecule has 37 heavy (non-hydrogen) atoms. The first-order valence-corrected chi connectivity index (χ1v) is 11.9. The molecule has 0 aliphatic carbocycles. The molecule has 3 aromatic rings. The number of alkyl halides is 3. The lowest BCUT2D eigenvalue weighted by molar-refractivity contribution is -0.389. The number of piperazine rings is 1. The molecule has 3 heterocycles. The van der Waals surface area contributed by atoms with Crippen LogP contribution in [0.4, 0.5) is 24.7 Å². The smallest absolute Gasteiger partial charge is 0.418 e. The molecule has 2 aliphatic heterocycles. The highest BCUT2D eigenvalue weighted by molar-refractivity contribution is 5.55. The number of benzene rings is 2. The summed E-state index contributed by atoms with van der Waals surface area (Å²) in [5, 5.41) is 10.9. The zero-order chi connectivity index (χ0) is 26.2. The van der Waals surface area contributed by atoms with Crippen molar-refractivity contribution in [1.82, 2.24) is 14.5 Å². The molecule has 1 atom stereocenters. The monoisotopic (exact) mass is 517 g/mol. The quantitative estimate of drug-likeness (QED) is 0.340. The SMILES string of the molecule is C[C@]1(COc2ccc(CN3CCN(c4ccccc4C(F)(F)F)CC3)cc2)Cn2cc([N+](=O)[O-])nc2O1. The lowest BCUT2D eigenvalue weighted by Crippen LogP contribution is -2.46. The minimum atomic E-state index is -4.37. The van der Waals surface area contributed by atoms with Gasteiger partial charge in [-0.25, -0.2) is 0 Å². The van der Waals surface area contributed by atoms with Gasteiger partial charge in [0.2, 0.25) is 0 Å². The third kappa shape index (κ3) is 5.48. The van der Waals surface area contributed by atoms with Gasteiger partial charge in [0.1, 0.15) is 18.6 Å². The van der Waals surface area contributed by atoms with Crippen LogP contribution < -0.4 is 14.4 Å². The van der Waals surface area contributed by atoms with Crippen LogP contribution in [-0.2, 0) is 19.3 Å². The summed E-state index contributed by atoms with van der Waals surface area (Å²) in [6, 6.07) is 13.6. The van der Waals surface area contributed by atoms with Crippen LogP contribution >= 0.6 is 0 Å². The van der Waals surface area contributed by atoms with Crippen LogP contribution in [-0.4, -0.2) is 57.8 Å². The number of hydrogen-bond donors (Lipinski definition) is 0. The molecule has 12 heteroatoms. The van der Waals surface area contributed by atoms with Crippen molar-refractivity contribution in [2.45, 2.75) is 31.8 Å². The Morgan fingerprint density at radius 1 is 1.11 bits per heavy atom. The van der Waals surface area contributed by atoms with Crippen LogP contribution in [0.5, 0.6) is 11.8 Å². The number of ether oxygens (including phenoxy) is 2. The molecule has 0 spiro atoms. The molecule has 9 nitrogen and oxygen atoms in total. The number of rotatable bonds is 7. The summed E-state index contributed by atoms with van der Waals surface area (Å²) in [7, 11) is 0. The zero-order valence-electron chi connectivity index (χ0n) is 20.1. The van der Waals surface area contributed by atoms with E-state index in [1.54, 1.807) is 15.5 Å². The average Bonchev–Trinajstić information content (AvgIpc) is 3.39. The van der Waals surface area contributed by atoms with Crippen LogP contribution in [0.2, 0.25) is 0 Å². The molecule has 196 valence electrons. The standard InChI is InChI=1S/C25H26F3N5O4/c1-24(16-32-15-22(33(34)35)29-23(32)37-24)17-36-19-8-6-18(7-9-19)14-30-10-12-31(13-11-30)21-5-3-2-4-20(21)25(26,27)28/h2-9,15H,10-14,16-17H2,1H3/t24-/m1/s1. The second-order valence-electron chi connectivity index (χ2n) is 9.53. The molecule has 1 fully saturated rings. The highest BCUT2D eigenvalue weighted by Crippen LogP contribution is 2.37. The molecule has 5 rings (SSSR count). The molecule has 2 aromatic carbocycles. The molecule has 0 bridgehead atoms. The Bertz CT molecular complexity index is 1250. The van der Waals surface area contributed by atoms with Gasteiger partial charge in [-0.3, -0.25) is 9.47 Å². The normalized spacial score (nSPS) is 19.9. The molecule has 0 N–H and O–H groups in total. The van der Waals surface area contributed by atoms with Gasteiger partial charge < -0.3 is 24.5 Å². The molecule has 0 saturated carbocycles. The van der Waals surface area contributed by atoms with Crippen molar-refractivity contribution in [3.63, 3.8) is 0 Å². The van der Waals surface area contributed by atoms with E-state index in [2.05, 4.69) is 9.88 Å². The lowest BCUT2D eigenvalue weighted by atomic mass is 10.1. The number of anilines is 1. The Morgan fingerprint density at radius 3 is 2.46 bits per heavy atom. The maximum absolute atomic E-state index is 13.4. The van der Waals surface area contributed by atoms with Gasteiger partial charge in [0.25, 0.3) is 0 Å². The summed E-state index contributed by atoms with van der Waals surface area (Å²) in [6.07, 6.45) is -3.02. The Balaban J connectivity index is 1.11. The number of aromatic nitrogens is 2. The second kappa shape index (κ2) is 9.58. The van der Waals surface area contributed by atoms with Crippen LogP contribution in [0, 0.1) is 10.1 Å². The third-order valence-electron chi connectivity index (χ3n) is 6.55. The third-order valence-corrected chi connectivity index (χ3v) is 6.55. The van der Waals surface area contributed by atoms with Crippen LogP contribution in [0.1, 0.15) is 18.1 Å². The van der Waals surface area contributed by atoms with Crippen molar-refractivity contribution in [2.24, 2.45) is 0 Å². The highest BCUT2D eigenvalue weighted by Gasteiger charge is 2.41. The minimum absolute atomic E-state index is 0.204. The van der Waals surface area contributed by atoms with Gasteiger partial charge >= 0.3 is 18.0 Å². The predicted octanol–water partition coefficient (Wildman–Crippen LogP) is 4.36. The van der Waals surface area contributed by atoms with E-state index in [9.17, 15) is 23.3 Å². The molecule has 0 unspecified atom stereocenters. The predicted molar refractivity (Wildman–Crippen MR) is 129 cm³/mol. The Hall–Kier alpha value is -3.80. The maximum atomic E-state index is 13.4. The van der Waals surface area contributed by atoms with Gasteiger partial charge in [0.15, 0.2) is 5.60 Å². The van der Waals surface area contributed by atoms with Crippen LogP contribution in [0.15, 0.2) is 54.7 Å². The second-order valence-corrected chi connectivity index (χ2v) is 9.53. The maximum Gasteiger partial charge on any atom is 0.418 e. The van der Waals surface area contributed by atoms with E-state index in [1.807, 2.05) is 31.2 Å². The van der Waals surface area contributed by atoms with Crippen molar-refractivity contribution in [2.75, 3.05) is 37.7 Å². The number of hydrogen-bond acceptors (Lipinski definition) is 7. The highest BCUT2D eigenvalue weighted by atomic mass is 19.4. The topological polar surface area (TPSA) is 85.9 Å². The largest absolute Gasteiger partial charge is 0.489 e. The molecule has 0 radical (unpaired) electrons. The summed E-state index contributed by atoms with van der Waals surface area (Å²) < 4.78 is 53.4. The van der Waals surface area contributed by atoms with Gasteiger partial charge in [-0.1, -0.05) is 24.3 Å². The van der Waals surface area contributed by atoms with Gasteiger partial charge in [-0.2, -0.15) is 13.2 Å². The molecular formula is C25H26F3N5O4. The summed E-state index contributed by atoms with van der Waals surface area (Å²) in [5.41, 5.74) is 0.0211. The Labute approximate surface area is 211 Å². The summed E-state index contributed by atoms with van der Waals surface area (Å²) in [4.78, 5) is 18.2. The summed E-state index contributed by atoms with van der Waals surface area (Å²) in [5.74, 6) is 0.416. The molecule has 0 amide bonds. The number of imidazole rings is 1.